The lowest BCUT2D eigenvalue weighted by Crippen LogP contribution is -2.55. The lowest BCUT2D eigenvalue weighted by molar-refractivity contribution is -0.153. The van der Waals surface area contributed by atoms with Gasteiger partial charge in [0.25, 0.3) is 0 Å². The Morgan fingerprint density at radius 3 is 1.77 bits per heavy atom. The Labute approximate surface area is 180 Å². The molecule has 30 heavy (non-hydrogen) atoms. The maximum Gasteiger partial charge on any atom is 0.421 e. The first-order valence-electron chi connectivity index (χ1n) is 10.4. The molecule has 1 unspecified atom stereocenters. The molecule has 2 amide bonds. The fourth-order valence-corrected chi connectivity index (χ4v) is 2.90. The van der Waals surface area contributed by atoms with Crippen molar-refractivity contribution in [3.8, 4) is 0 Å². The average molecular weight is 430 g/mol. The van der Waals surface area contributed by atoms with Crippen LogP contribution < -0.4 is 5.32 Å². The summed E-state index contributed by atoms with van der Waals surface area (Å²) in [7, 11) is 0. The largest absolute Gasteiger partial charge is 0.459 e. The minimum atomic E-state index is -0.754. The zero-order chi connectivity index (χ0) is 23.3. The zero-order valence-electron chi connectivity index (χ0n) is 20.0. The number of hydrogen-bond donors (Lipinski definition) is 1. The van der Waals surface area contributed by atoms with Crippen LogP contribution in [-0.4, -0.2) is 70.7 Å². The maximum absolute atomic E-state index is 12.8. The van der Waals surface area contributed by atoms with Crippen LogP contribution in [0.25, 0.3) is 0 Å². The van der Waals surface area contributed by atoms with Crippen molar-refractivity contribution < 1.29 is 28.6 Å². The van der Waals surface area contributed by atoms with Gasteiger partial charge in [-0.1, -0.05) is 0 Å². The molecule has 1 fully saturated rings. The number of hydrogen-bond acceptors (Lipinski definition) is 8. The van der Waals surface area contributed by atoms with E-state index >= 15 is 0 Å². The number of esters is 1. The molecule has 1 heterocycles. The van der Waals surface area contributed by atoms with Gasteiger partial charge in [0.1, 0.15) is 23.0 Å². The van der Waals surface area contributed by atoms with Gasteiger partial charge in [-0.2, -0.15) is 4.90 Å². The van der Waals surface area contributed by atoms with E-state index in [0.29, 0.717) is 19.6 Å². The third-order valence-electron chi connectivity index (χ3n) is 3.81. The summed E-state index contributed by atoms with van der Waals surface area (Å²) in [5, 5.41) is 3.03. The van der Waals surface area contributed by atoms with Crippen LogP contribution >= 0.6 is 0 Å². The van der Waals surface area contributed by atoms with E-state index < -0.39 is 35.2 Å². The molecule has 0 aliphatic carbocycles. The molecule has 1 aliphatic rings. The molecular formula is C21H39N3O6. The summed E-state index contributed by atoms with van der Waals surface area (Å²) in [4.78, 5) is 40.5. The number of likely N-dealkylation sites (tertiary alicyclic amines) is 1. The van der Waals surface area contributed by atoms with Gasteiger partial charge in [-0.15, -0.1) is 0 Å². The van der Waals surface area contributed by atoms with Crippen molar-refractivity contribution >= 4 is 18.2 Å². The van der Waals surface area contributed by atoms with E-state index in [9.17, 15) is 14.4 Å². The molecule has 0 spiro atoms. The Hall–Kier alpha value is -1.87. The van der Waals surface area contributed by atoms with Gasteiger partial charge >= 0.3 is 18.2 Å². The fraction of sp³-hybridized carbons (Fsp3) is 0.857. The van der Waals surface area contributed by atoms with E-state index in [4.69, 9.17) is 14.2 Å². The standard InChI is InChI=1S/C21H39N3O6/c1-19(2,3)28-16(25)13-22-14-23-12-10-11-15(23)24(17(26)29-20(4,5)6)18(27)30-21(7,8)9/h15,22H,10-14H2,1-9H3. The second kappa shape index (κ2) is 9.96. The molecule has 1 aliphatic heterocycles. The quantitative estimate of drug-likeness (QED) is 0.524. The van der Waals surface area contributed by atoms with Gasteiger partial charge in [0.15, 0.2) is 0 Å². The minimum absolute atomic E-state index is 0.0271. The molecule has 9 heteroatoms. The summed E-state index contributed by atoms with van der Waals surface area (Å²) < 4.78 is 16.2. The van der Waals surface area contributed by atoms with E-state index in [2.05, 4.69) is 5.32 Å². The Kier molecular flexibility index (Phi) is 8.69. The van der Waals surface area contributed by atoms with Gasteiger partial charge in [0.2, 0.25) is 0 Å². The van der Waals surface area contributed by atoms with Gasteiger partial charge in [-0.05, 0) is 75.2 Å². The van der Waals surface area contributed by atoms with Crippen LogP contribution in [0.5, 0.6) is 0 Å². The fourth-order valence-electron chi connectivity index (χ4n) is 2.90. The van der Waals surface area contributed by atoms with Crippen LogP contribution in [0, 0.1) is 0 Å². The number of nitrogens with one attached hydrogen (secondary N) is 1. The van der Waals surface area contributed by atoms with Crippen LogP contribution in [-0.2, 0) is 19.0 Å². The number of ether oxygens (including phenoxy) is 3. The predicted octanol–water partition coefficient (Wildman–Crippen LogP) is 3.47. The molecule has 1 N–H and O–H groups in total. The average Bonchev–Trinajstić information content (AvgIpc) is 2.89. The molecule has 174 valence electrons. The minimum Gasteiger partial charge on any atom is -0.459 e. The predicted molar refractivity (Wildman–Crippen MR) is 113 cm³/mol. The van der Waals surface area contributed by atoms with E-state index in [1.54, 1.807) is 62.3 Å². The lowest BCUT2D eigenvalue weighted by atomic mass is 10.2. The molecule has 0 saturated carbocycles. The highest BCUT2D eigenvalue weighted by atomic mass is 16.6. The van der Waals surface area contributed by atoms with E-state index in [1.807, 2.05) is 4.90 Å². The summed E-state index contributed by atoms with van der Waals surface area (Å²) in [5.41, 5.74) is -2.06. The third-order valence-corrected chi connectivity index (χ3v) is 3.81. The van der Waals surface area contributed by atoms with Crippen LogP contribution in [0.4, 0.5) is 9.59 Å². The van der Waals surface area contributed by atoms with E-state index in [0.717, 1.165) is 11.3 Å². The highest BCUT2D eigenvalue weighted by molar-refractivity contribution is 5.88. The summed E-state index contributed by atoms with van der Waals surface area (Å²) in [6.07, 6.45) is -0.643. The molecule has 0 aromatic carbocycles. The first-order chi connectivity index (χ1) is 13.5. The summed E-state index contributed by atoms with van der Waals surface area (Å²) in [5.74, 6) is -0.366. The van der Waals surface area contributed by atoms with Crippen molar-refractivity contribution in [1.82, 2.24) is 15.1 Å². The number of imide groups is 1. The Morgan fingerprint density at radius 2 is 1.33 bits per heavy atom. The molecule has 0 aromatic heterocycles. The molecule has 0 bridgehead atoms. The molecule has 9 nitrogen and oxygen atoms in total. The Bertz CT molecular complexity index is 588. The maximum atomic E-state index is 12.8. The molecule has 0 radical (unpaired) electrons. The lowest BCUT2D eigenvalue weighted by Gasteiger charge is -2.35. The number of carbonyl (C=O) groups is 3. The van der Waals surface area contributed by atoms with Gasteiger partial charge in [-0.25, -0.2) is 9.59 Å². The van der Waals surface area contributed by atoms with Gasteiger partial charge in [0, 0.05) is 6.54 Å². The van der Waals surface area contributed by atoms with Crippen molar-refractivity contribution in [2.45, 2.75) is 98.1 Å². The normalized spacial score (nSPS) is 18.1. The van der Waals surface area contributed by atoms with Gasteiger partial charge < -0.3 is 14.2 Å². The highest BCUT2D eigenvalue weighted by Crippen LogP contribution is 2.24. The van der Waals surface area contributed by atoms with Crippen LogP contribution in [0.3, 0.4) is 0 Å². The van der Waals surface area contributed by atoms with Gasteiger partial charge in [-0.3, -0.25) is 15.0 Å². The number of nitrogens with zero attached hydrogens (tertiary/aromatic N) is 2. The third kappa shape index (κ3) is 9.75. The number of rotatable bonds is 5. The second-order valence-electron chi connectivity index (χ2n) is 10.4. The summed E-state index contributed by atoms with van der Waals surface area (Å²) in [6.45, 7) is 16.9. The van der Waals surface area contributed by atoms with Crippen molar-refractivity contribution in [2.75, 3.05) is 19.8 Å². The molecular weight excluding hydrogens is 390 g/mol. The Morgan fingerprint density at radius 1 is 0.867 bits per heavy atom. The first-order valence-corrected chi connectivity index (χ1v) is 10.4. The molecule has 1 atom stereocenters. The van der Waals surface area contributed by atoms with Crippen molar-refractivity contribution in [2.24, 2.45) is 0 Å². The van der Waals surface area contributed by atoms with Crippen molar-refractivity contribution in [3.05, 3.63) is 0 Å². The van der Waals surface area contributed by atoms with Crippen molar-refractivity contribution in [1.29, 1.82) is 0 Å². The first kappa shape index (κ1) is 26.2. The van der Waals surface area contributed by atoms with Crippen molar-refractivity contribution in [3.63, 3.8) is 0 Å². The van der Waals surface area contributed by atoms with Gasteiger partial charge in [0.05, 0.1) is 13.2 Å². The zero-order valence-corrected chi connectivity index (χ0v) is 20.0. The highest BCUT2D eigenvalue weighted by Gasteiger charge is 2.41. The Balaban J connectivity index is 2.87. The van der Waals surface area contributed by atoms with Crippen LogP contribution in [0.15, 0.2) is 0 Å². The molecule has 1 rings (SSSR count). The summed E-state index contributed by atoms with van der Waals surface area (Å²) in [6, 6.07) is 0. The monoisotopic (exact) mass is 429 g/mol. The molecule has 0 aromatic rings. The second-order valence-corrected chi connectivity index (χ2v) is 10.4. The van der Waals surface area contributed by atoms with Crippen LogP contribution in [0.2, 0.25) is 0 Å². The van der Waals surface area contributed by atoms with E-state index in [-0.39, 0.29) is 12.5 Å². The van der Waals surface area contributed by atoms with E-state index in [1.165, 1.54) is 0 Å². The SMILES string of the molecule is CC(C)(C)OC(=O)CNCN1CCCC1N(C(=O)OC(C)(C)C)C(=O)OC(C)(C)C. The summed E-state index contributed by atoms with van der Waals surface area (Å²) >= 11 is 0. The number of carbonyl (C=O) groups excluding carboxylic acids is 3. The molecule has 1 saturated heterocycles. The smallest absolute Gasteiger partial charge is 0.421 e. The topological polar surface area (TPSA) is 97.4 Å². The van der Waals surface area contributed by atoms with Crippen LogP contribution in [0.1, 0.15) is 75.2 Å². The number of amides is 2.